The van der Waals surface area contributed by atoms with Crippen LogP contribution in [0, 0.1) is 12.3 Å². The highest BCUT2D eigenvalue weighted by molar-refractivity contribution is 7.98. The highest BCUT2D eigenvalue weighted by atomic mass is 35.5. The molecule has 1 N–H and O–H groups in total. The van der Waals surface area contributed by atoms with E-state index < -0.39 is 0 Å². The van der Waals surface area contributed by atoms with Gasteiger partial charge in [-0.25, -0.2) is 9.97 Å². The molecule has 0 spiro atoms. The normalized spacial score (nSPS) is 11.9. The molecule has 3 nitrogen and oxygen atoms in total. The van der Waals surface area contributed by atoms with Gasteiger partial charge in [0.2, 0.25) is 0 Å². The van der Waals surface area contributed by atoms with Crippen LogP contribution in [0.1, 0.15) is 6.92 Å². The van der Waals surface area contributed by atoms with Crippen molar-refractivity contribution in [2.75, 3.05) is 11.6 Å². The Labute approximate surface area is 92.7 Å². The molecule has 1 rings (SSSR count). The smallest absolute Gasteiger partial charge is 0.190 e. The number of hydrogen-bond acceptors (Lipinski definition) is 4. The van der Waals surface area contributed by atoms with Crippen molar-refractivity contribution < 1.29 is 0 Å². The molecule has 0 aliphatic rings. The quantitative estimate of drug-likeness (QED) is 0.372. The minimum Gasteiger partial charge on any atom is -0.357 e. The van der Waals surface area contributed by atoms with Gasteiger partial charge in [-0.15, -0.1) is 6.42 Å². The fourth-order valence-corrected chi connectivity index (χ4v) is 1.44. The first-order chi connectivity index (χ1) is 6.65. The summed E-state index contributed by atoms with van der Waals surface area (Å²) in [5.74, 6) is 3.20. The molecule has 1 heterocycles. The van der Waals surface area contributed by atoms with E-state index in [9.17, 15) is 0 Å². The number of halogens is 1. The van der Waals surface area contributed by atoms with Gasteiger partial charge in [-0.1, -0.05) is 29.3 Å². The molecule has 0 saturated heterocycles. The monoisotopic (exact) mass is 227 g/mol. The zero-order valence-electron chi connectivity index (χ0n) is 7.91. The lowest BCUT2D eigenvalue weighted by Gasteiger charge is -2.08. The average molecular weight is 228 g/mol. The largest absolute Gasteiger partial charge is 0.357 e. The first-order valence-corrected chi connectivity index (χ1v) is 5.57. The second kappa shape index (κ2) is 5.08. The van der Waals surface area contributed by atoms with Gasteiger partial charge in [-0.2, -0.15) is 0 Å². The van der Waals surface area contributed by atoms with Gasteiger partial charge >= 0.3 is 0 Å². The fraction of sp³-hybridized carbons (Fsp3) is 0.333. The molecular weight excluding hydrogens is 218 g/mol. The van der Waals surface area contributed by atoms with E-state index in [-0.39, 0.29) is 6.04 Å². The molecule has 74 valence electrons. The van der Waals surface area contributed by atoms with Crippen molar-refractivity contribution >= 4 is 29.2 Å². The summed E-state index contributed by atoms with van der Waals surface area (Å²) in [4.78, 5) is 8.21. The van der Waals surface area contributed by atoms with E-state index in [1.165, 1.54) is 11.8 Å². The summed E-state index contributed by atoms with van der Waals surface area (Å²) in [7, 11) is 0. The van der Waals surface area contributed by atoms with Gasteiger partial charge in [0.1, 0.15) is 11.0 Å². The van der Waals surface area contributed by atoms with Gasteiger partial charge in [0, 0.05) is 6.07 Å². The van der Waals surface area contributed by atoms with Gasteiger partial charge < -0.3 is 5.32 Å². The average Bonchev–Trinajstić information content (AvgIpc) is 2.16. The Morgan fingerprint density at radius 2 is 2.36 bits per heavy atom. The molecule has 1 aromatic heterocycles. The summed E-state index contributed by atoms with van der Waals surface area (Å²) in [6, 6.07) is 1.57. The molecule has 0 amide bonds. The van der Waals surface area contributed by atoms with E-state index in [0.717, 1.165) is 0 Å². The third-order valence-electron chi connectivity index (χ3n) is 1.47. The Hall–Kier alpha value is -0.920. The van der Waals surface area contributed by atoms with E-state index in [0.29, 0.717) is 16.1 Å². The predicted molar refractivity (Wildman–Crippen MR) is 60.7 cm³/mol. The van der Waals surface area contributed by atoms with Crippen LogP contribution in [-0.4, -0.2) is 22.3 Å². The van der Waals surface area contributed by atoms with Crippen LogP contribution in [0.15, 0.2) is 11.2 Å². The molecule has 14 heavy (non-hydrogen) atoms. The Kier molecular flexibility index (Phi) is 4.05. The molecule has 0 saturated carbocycles. The number of anilines is 1. The maximum atomic E-state index is 5.80. The van der Waals surface area contributed by atoms with Crippen molar-refractivity contribution in [2.45, 2.75) is 18.1 Å². The Morgan fingerprint density at radius 1 is 1.64 bits per heavy atom. The zero-order valence-corrected chi connectivity index (χ0v) is 9.49. The molecule has 0 aliphatic heterocycles. The zero-order chi connectivity index (χ0) is 10.6. The Balaban J connectivity index is 2.87. The lowest BCUT2D eigenvalue weighted by molar-refractivity contribution is 0.936. The van der Waals surface area contributed by atoms with Crippen molar-refractivity contribution in [3.63, 3.8) is 0 Å². The number of nitrogens with one attached hydrogen (secondary N) is 1. The van der Waals surface area contributed by atoms with E-state index in [4.69, 9.17) is 18.0 Å². The lowest BCUT2D eigenvalue weighted by atomic mass is 10.3. The van der Waals surface area contributed by atoms with Crippen LogP contribution in [0.5, 0.6) is 0 Å². The topological polar surface area (TPSA) is 37.8 Å². The third kappa shape index (κ3) is 3.09. The van der Waals surface area contributed by atoms with E-state index >= 15 is 0 Å². The van der Waals surface area contributed by atoms with Crippen LogP contribution in [0.2, 0.25) is 5.15 Å². The summed E-state index contributed by atoms with van der Waals surface area (Å²) >= 11 is 7.23. The number of hydrogen-bond donors (Lipinski definition) is 1. The molecule has 0 aromatic carbocycles. The van der Waals surface area contributed by atoms with E-state index in [1.807, 2.05) is 13.2 Å². The van der Waals surface area contributed by atoms with E-state index in [2.05, 4.69) is 21.2 Å². The van der Waals surface area contributed by atoms with Gasteiger partial charge in [-0.3, -0.25) is 0 Å². The van der Waals surface area contributed by atoms with Gasteiger partial charge in [0.05, 0.1) is 6.04 Å². The van der Waals surface area contributed by atoms with Crippen LogP contribution < -0.4 is 5.32 Å². The summed E-state index contributed by atoms with van der Waals surface area (Å²) in [6.07, 6.45) is 7.12. The minimum atomic E-state index is -0.0735. The molecule has 1 aromatic rings. The second-order valence-corrected chi connectivity index (χ2v) is 3.76. The summed E-state index contributed by atoms with van der Waals surface area (Å²) < 4.78 is 0. The number of terminal acetylenes is 1. The third-order valence-corrected chi connectivity index (χ3v) is 2.21. The second-order valence-electron chi connectivity index (χ2n) is 2.60. The maximum absolute atomic E-state index is 5.80. The maximum Gasteiger partial charge on any atom is 0.190 e. The highest BCUT2D eigenvalue weighted by Crippen LogP contribution is 2.17. The molecule has 0 radical (unpaired) electrons. The summed E-state index contributed by atoms with van der Waals surface area (Å²) in [5.41, 5.74) is 0. The minimum absolute atomic E-state index is 0.0735. The first kappa shape index (κ1) is 11.2. The first-order valence-electron chi connectivity index (χ1n) is 3.97. The predicted octanol–water partition coefficient (Wildman–Crippen LogP) is 2.29. The SMILES string of the molecule is C#CC(C)Nc1cc(Cl)nc(SC)n1. The Bertz CT molecular complexity index is 362. The van der Waals surface area contributed by atoms with Crippen LogP contribution in [0.4, 0.5) is 5.82 Å². The summed E-state index contributed by atoms with van der Waals surface area (Å²) in [5, 5.41) is 4.06. The van der Waals surface area contributed by atoms with Crippen LogP contribution in [0.3, 0.4) is 0 Å². The van der Waals surface area contributed by atoms with E-state index in [1.54, 1.807) is 6.07 Å². The van der Waals surface area contributed by atoms with Crippen LogP contribution >= 0.6 is 23.4 Å². The van der Waals surface area contributed by atoms with Crippen LogP contribution in [0.25, 0.3) is 0 Å². The Morgan fingerprint density at radius 3 is 2.93 bits per heavy atom. The lowest BCUT2D eigenvalue weighted by Crippen LogP contribution is -2.13. The molecular formula is C9H10ClN3S. The molecule has 1 unspecified atom stereocenters. The molecule has 0 aliphatic carbocycles. The van der Waals surface area contributed by atoms with Crippen molar-refractivity contribution in [3.8, 4) is 12.3 Å². The van der Waals surface area contributed by atoms with Crippen molar-refractivity contribution in [1.82, 2.24) is 9.97 Å². The number of rotatable bonds is 3. The number of aromatic nitrogens is 2. The van der Waals surface area contributed by atoms with Gasteiger partial charge in [0.25, 0.3) is 0 Å². The molecule has 1 atom stereocenters. The standard InChI is InChI=1S/C9H10ClN3S/c1-4-6(2)11-8-5-7(10)12-9(13-8)14-3/h1,5-6H,2-3H3,(H,11,12,13). The van der Waals surface area contributed by atoms with Crippen LogP contribution in [-0.2, 0) is 0 Å². The molecule has 0 fully saturated rings. The van der Waals surface area contributed by atoms with Crippen molar-refractivity contribution in [1.29, 1.82) is 0 Å². The highest BCUT2D eigenvalue weighted by Gasteiger charge is 2.03. The number of thioether (sulfide) groups is 1. The molecule has 5 heteroatoms. The fourth-order valence-electron chi connectivity index (χ4n) is 0.825. The number of nitrogens with zero attached hydrogens (tertiary/aromatic N) is 2. The summed E-state index contributed by atoms with van der Waals surface area (Å²) in [6.45, 7) is 1.87. The molecule has 0 bridgehead atoms. The van der Waals surface area contributed by atoms with Crippen molar-refractivity contribution in [3.05, 3.63) is 11.2 Å². The van der Waals surface area contributed by atoms with Gasteiger partial charge in [0.15, 0.2) is 5.16 Å². The van der Waals surface area contributed by atoms with Gasteiger partial charge in [-0.05, 0) is 13.2 Å². The van der Waals surface area contributed by atoms with Crippen molar-refractivity contribution in [2.24, 2.45) is 0 Å².